The Bertz CT molecular complexity index is 2050. The van der Waals surface area contributed by atoms with Crippen LogP contribution in [-0.2, 0) is 25.9 Å². The lowest BCUT2D eigenvalue weighted by Crippen LogP contribution is -2.66. The molecular weight excluding hydrogens is 769 g/mol. The van der Waals surface area contributed by atoms with Gasteiger partial charge in [-0.15, -0.1) is 0 Å². The quantitative estimate of drug-likeness (QED) is 0.212. The highest BCUT2D eigenvalue weighted by molar-refractivity contribution is 6.01. The maximum Gasteiger partial charge on any atom is 0.254 e. The van der Waals surface area contributed by atoms with Gasteiger partial charge in [0.05, 0.1) is 36.4 Å². The summed E-state index contributed by atoms with van der Waals surface area (Å²) >= 11 is 0. The molecular formula is C51H70N2O8. The minimum absolute atomic E-state index is 0.0719. The van der Waals surface area contributed by atoms with Crippen molar-refractivity contribution in [2.75, 3.05) is 13.1 Å². The summed E-state index contributed by atoms with van der Waals surface area (Å²) in [7, 11) is 0. The van der Waals surface area contributed by atoms with E-state index < -0.39 is 11.2 Å². The first kappa shape index (κ1) is 41.5. The number of phenolic OH excluding ortho intramolecular Hbond substituents is 2. The molecule has 0 radical (unpaired) electrons. The van der Waals surface area contributed by atoms with Gasteiger partial charge in [-0.3, -0.25) is 9.59 Å². The molecule has 10 heteroatoms. The molecule has 4 aliphatic heterocycles. The molecule has 61 heavy (non-hydrogen) atoms. The number of ether oxygens (including phenoxy) is 2. The Balaban J connectivity index is 0.793. The highest BCUT2D eigenvalue weighted by Gasteiger charge is 2.69. The van der Waals surface area contributed by atoms with Gasteiger partial charge in [-0.05, 0) is 117 Å². The number of aromatic hydroxyl groups is 2. The molecule has 2 spiro atoms. The van der Waals surface area contributed by atoms with Gasteiger partial charge in [-0.1, -0.05) is 55.4 Å². The molecule has 2 aromatic carbocycles. The fourth-order valence-corrected chi connectivity index (χ4v) is 15.8. The molecule has 4 N–H and O–H groups in total. The monoisotopic (exact) mass is 839 g/mol. The molecule has 0 bridgehead atoms. The first-order valence-electron chi connectivity index (χ1n) is 23.8. The molecule has 10 atom stereocenters. The number of hydrogen-bond acceptors (Lipinski definition) is 8. The minimum atomic E-state index is -0.510. The van der Waals surface area contributed by atoms with Crippen molar-refractivity contribution in [1.29, 1.82) is 0 Å². The fraction of sp³-hybridized carbons (Fsp3) is 0.725. The van der Waals surface area contributed by atoms with Crippen LogP contribution < -0.4 is 9.47 Å². The van der Waals surface area contributed by atoms with Gasteiger partial charge in [0.2, 0.25) is 0 Å². The third-order valence-corrected chi connectivity index (χ3v) is 19.7. The Hall–Kier alpha value is -3.50. The predicted octanol–water partition coefficient (Wildman–Crippen LogP) is 8.69. The number of phenols is 2. The minimum Gasteiger partial charge on any atom is -0.508 e. The van der Waals surface area contributed by atoms with Crippen LogP contribution in [0.15, 0.2) is 12.1 Å². The topological polar surface area (TPSA) is 140 Å². The number of unbranched alkanes of at least 4 members (excludes halogenated alkanes) is 2. The summed E-state index contributed by atoms with van der Waals surface area (Å²) in [6.07, 6.45) is 10.2. The third kappa shape index (κ3) is 5.39. The van der Waals surface area contributed by atoms with E-state index in [1.54, 1.807) is 12.1 Å². The van der Waals surface area contributed by atoms with E-state index >= 15 is 0 Å². The van der Waals surface area contributed by atoms with Gasteiger partial charge in [-0.2, -0.15) is 0 Å². The molecule has 0 aromatic heterocycles. The van der Waals surface area contributed by atoms with E-state index in [9.17, 15) is 30.0 Å². The van der Waals surface area contributed by atoms with Crippen molar-refractivity contribution in [3.63, 3.8) is 0 Å². The summed E-state index contributed by atoms with van der Waals surface area (Å²) < 4.78 is 14.5. The van der Waals surface area contributed by atoms with Crippen molar-refractivity contribution >= 4 is 11.8 Å². The number of hydrogen-bond donors (Lipinski definition) is 4. The number of rotatable bonds is 6. The van der Waals surface area contributed by atoms with Crippen LogP contribution in [-0.4, -0.2) is 78.5 Å². The third-order valence-electron chi connectivity index (χ3n) is 19.7. The van der Waals surface area contributed by atoms with Crippen molar-refractivity contribution in [1.82, 2.24) is 9.80 Å². The lowest BCUT2D eigenvalue weighted by molar-refractivity contribution is -0.210. The number of aliphatic hydroxyl groups is 2. The maximum absolute atomic E-state index is 13.9. The van der Waals surface area contributed by atoms with E-state index in [1.807, 2.05) is 9.80 Å². The molecule has 8 aliphatic rings. The predicted molar refractivity (Wildman–Crippen MR) is 232 cm³/mol. The van der Waals surface area contributed by atoms with Crippen LogP contribution in [0.3, 0.4) is 0 Å². The van der Waals surface area contributed by atoms with Crippen molar-refractivity contribution in [2.45, 2.75) is 175 Å². The highest BCUT2D eigenvalue weighted by atomic mass is 16.5. The average molecular weight is 839 g/mol. The van der Waals surface area contributed by atoms with E-state index in [4.69, 9.17) is 9.47 Å². The van der Waals surface area contributed by atoms with Gasteiger partial charge in [0.15, 0.2) is 0 Å². The first-order chi connectivity index (χ1) is 28.7. The second-order valence-corrected chi connectivity index (χ2v) is 23.0. The highest BCUT2D eigenvalue weighted by Crippen LogP contribution is 2.69. The Morgan fingerprint density at radius 3 is 1.38 bits per heavy atom. The lowest BCUT2D eigenvalue weighted by atomic mass is 9.43. The normalized spacial score (nSPS) is 38.8. The second kappa shape index (κ2) is 13.5. The number of nitrogens with zero attached hydrogens (tertiary/aromatic N) is 2. The van der Waals surface area contributed by atoms with E-state index in [2.05, 4.69) is 55.4 Å². The summed E-state index contributed by atoms with van der Waals surface area (Å²) in [6, 6.07) is 3.34. The molecule has 4 saturated carbocycles. The van der Waals surface area contributed by atoms with E-state index in [-0.39, 0.29) is 80.9 Å². The maximum atomic E-state index is 13.9. The van der Waals surface area contributed by atoms with Crippen LogP contribution in [0.4, 0.5) is 0 Å². The summed E-state index contributed by atoms with van der Waals surface area (Å²) in [5.74, 6) is 2.65. The van der Waals surface area contributed by atoms with Crippen molar-refractivity contribution in [3.8, 4) is 23.0 Å². The number of carbonyl (C=O) groups excluding carboxylic acids is 2. The van der Waals surface area contributed by atoms with Gasteiger partial charge in [0, 0.05) is 59.0 Å². The number of carbonyl (C=O) groups is 2. The van der Waals surface area contributed by atoms with Gasteiger partial charge in [0.1, 0.15) is 34.2 Å². The van der Waals surface area contributed by atoms with E-state index in [0.29, 0.717) is 61.6 Å². The molecule has 10 nitrogen and oxygen atoms in total. The van der Waals surface area contributed by atoms with Gasteiger partial charge < -0.3 is 39.7 Å². The Labute approximate surface area is 362 Å². The number of fused-ring (bicyclic) bond motifs is 10. The number of aliphatic hydroxyl groups excluding tert-OH is 2. The molecule has 4 aliphatic carbocycles. The smallest absolute Gasteiger partial charge is 0.254 e. The van der Waals surface area contributed by atoms with Crippen LogP contribution in [0.25, 0.3) is 0 Å². The van der Waals surface area contributed by atoms with Gasteiger partial charge in [-0.25, -0.2) is 0 Å². The molecule has 4 fully saturated rings. The zero-order valence-corrected chi connectivity index (χ0v) is 38.0. The second-order valence-electron chi connectivity index (χ2n) is 23.0. The summed E-state index contributed by atoms with van der Waals surface area (Å²) in [4.78, 5) is 31.5. The molecule has 0 unspecified atom stereocenters. The standard InChI is InChI=1S/C51H70N2O8/c1-28-12-14-38-46(3,4)40(56)16-18-48(38,7)50(28)24-32-36(54)22-30-34(42(32)60-50)26-52(44(30)58)20-10-9-11-21-53-27-35-31(45(53)59)23-37(55)33-25-51(61-43(33)35)29(2)13-15-39-47(5,6)41(57)17-19-49(39,51)8/h22-23,28-29,38-41,54-57H,9-21,24-27H2,1-8H3/t28-,29-,38+,39+,40-,41-,48+,49+,50-,51-/m1/s1. The van der Waals surface area contributed by atoms with Gasteiger partial charge >= 0.3 is 0 Å². The molecule has 0 saturated heterocycles. The van der Waals surface area contributed by atoms with Crippen LogP contribution in [0, 0.1) is 45.3 Å². The molecule has 2 amide bonds. The van der Waals surface area contributed by atoms with Gasteiger partial charge in [0.25, 0.3) is 11.8 Å². The average Bonchev–Trinajstić information content (AvgIpc) is 3.97. The van der Waals surface area contributed by atoms with E-state index in [1.165, 1.54) is 0 Å². The van der Waals surface area contributed by atoms with Crippen LogP contribution in [0.2, 0.25) is 0 Å². The fourth-order valence-electron chi connectivity index (χ4n) is 15.8. The van der Waals surface area contributed by atoms with Crippen molar-refractivity contribution in [3.05, 3.63) is 45.5 Å². The van der Waals surface area contributed by atoms with Crippen LogP contribution in [0.1, 0.15) is 169 Å². The van der Waals surface area contributed by atoms with Crippen LogP contribution in [0.5, 0.6) is 23.0 Å². The Kier molecular flexibility index (Phi) is 9.19. The number of benzene rings is 2. The zero-order valence-electron chi connectivity index (χ0n) is 38.0. The van der Waals surface area contributed by atoms with Crippen molar-refractivity contribution in [2.24, 2.45) is 45.3 Å². The summed E-state index contributed by atoms with van der Waals surface area (Å²) in [5.41, 5.74) is 2.63. The first-order valence-corrected chi connectivity index (χ1v) is 23.8. The molecule has 4 heterocycles. The number of amides is 2. The Morgan fingerprint density at radius 1 is 0.590 bits per heavy atom. The van der Waals surface area contributed by atoms with Crippen molar-refractivity contribution < 1.29 is 39.5 Å². The zero-order chi connectivity index (χ0) is 43.4. The molecule has 2 aromatic rings. The summed E-state index contributed by atoms with van der Waals surface area (Å²) in [6.45, 7) is 20.2. The molecule has 10 rings (SSSR count). The summed E-state index contributed by atoms with van der Waals surface area (Å²) in [5, 5.41) is 45.0. The lowest BCUT2D eigenvalue weighted by Gasteiger charge is -2.64. The van der Waals surface area contributed by atoms with E-state index in [0.717, 1.165) is 92.9 Å². The Morgan fingerprint density at radius 2 is 0.984 bits per heavy atom. The van der Waals surface area contributed by atoms with Crippen LogP contribution >= 0.6 is 0 Å². The largest absolute Gasteiger partial charge is 0.508 e. The molecule has 332 valence electrons. The SMILES string of the molecule is C[C@@H]1CC[C@H]2C(C)(C)[C@H](O)CC[C@]2(C)[C@@]12Cc1c(O)cc3c(c1O2)CN(CCCCCN1Cc2c(cc(O)c4c2O[C@]2(C4)[C@H](C)CC[C@H]4C(C)(C)[C@H](O)CC[C@@]42C)C1=O)C3=O.